The van der Waals surface area contributed by atoms with Crippen LogP contribution in [0.2, 0.25) is 0 Å². The molecule has 1 aromatic carbocycles. The van der Waals surface area contributed by atoms with E-state index in [2.05, 4.69) is 10.8 Å². The standard InChI is InChI=1S/C24H32O5/c1-28-24(27)13-9-4-2-3-8-12-22-19(15-17-23(22)26)14-16-20(25)18-29-21-10-6-5-7-11-21/h2,4-7,10-11,14,16,19-20,22,25H,3,8-9,12-13,15,17-18H2,1H3/b4-2-,16-14+/t19-,20+,22+/m0/s1. The Labute approximate surface area is 173 Å². The Kier molecular flexibility index (Phi) is 10.2. The van der Waals surface area contributed by atoms with Crippen LogP contribution in [0.3, 0.4) is 0 Å². The van der Waals surface area contributed by atoms with Gasteiger partial charge in [0.25, 0.3) is 0 Å². The molecule has 0 amide bonds. The van der Waals surface area contributed by atoms with E-state index >= 15 is 0 Å². The summed E-state index contributed by atoms with van der Waals surface area (Å²) in [6.07, 6.45) is 12.4. The molecule has 158 valence electrons. The van der Waals surface area contributed by atoms with Crippen LogP contribution in [0.25, 0.3) is 0 Å². The summed E-state index contributed by atoms with van der Waals surface area (Å²) in [4.78, 5) is 23.3. The van der Waals surface area contributed by atoms with E-state index in [1.807, 2.05) is 42.5 Å². The third-order valence-electron chi connectivity index (χ3n) is 5.19. The molecule has 1 aliphatic carbocycles. The third-order valence-corrected chi connectivity index (χ3v) is 5.19. The Balaban J connectivity index is 1.69. The Morgan fingerprint density at radius 1 is 1.24 bits per heavy atom. The molecule has 0 spiro atoms. The van der Waals surface area contributed by atoms with Gasteiger partial charge in [0.2, 0.25) is 0 Å². The maximum absolute atomic E-state index is 12.2. The van der Waals surface area contributed by atoms with Gasteiger partial charge in [-0.25, -0.2) is 0 Å². The number of benzene rings is 1. The lowest BCUT2D eigenvalue weighted by Gasteiger charge is -2.15. The summed E-state index contributed by atoms with van der Waals surface area (Å²) in [6, 6.07) is 9.40. The molecule has 0 radical (unpaired) electrons. The summed E-state index contributed by atoms with van der Waals surface area (Å²) >= 11 is 0. The number of hydrogen-bond acceptors (Lipinski definition) is 5. The first-order valence-electron chi connectivity index (χ1n) is 10.4. The average Bonchev–Trinajstić information content (AvgIpc) is 3.10. The summed E-state index contributed by atoms with van der Waals surface area (Å²) in [5.41, 5.74) is 0. The molecule has 0 unspecified atom stereocenters. The van der Waals surface area contributed by atoms with Crippen LogP contribution in [-0.4, -0.2) is 36.7 Å². The molecule has 1 saturated carbocycles. The first-order chi connectivity index (χ1) is 14.1. The Bertz CT molecular complexity index is 680. The van der Waals surface area contributed by atoms with Crippen molar-refractivity contribution in [1.29, 1.82) is 0 Å². The van der Waals surface area contributed by atoms with Crippen molar-refractivity contribution in [2.75, 3.05) is 13.7 Å². The van der Waals surface area contributed by atoms with Crippen molar-refractivity contribution >= 4 is 11.8 Å². The van der Waals surface area contributed by atoms with Crippen molar-refractivity contribution in [1.82, 2.24) is 0 Å². The van der Waals surface area contributed by atoms with Gasteiger partial charge < -0.3 is 14.6 Å². The molecule has 0 aliphatic heterocycles. The van der Waals surface area contributed by atoms with Crippen LogP contribution in [0, 0.1) is 11.8 Å². The Morgan fingerprint density at radius 2 is 2.00 bits per heavy atom. The fraction of sp³-hybridized carbons (Fsp3) is 0.500. The van der Waals surface area contributed by atoms with Gasteiger partial charge in [-0.15, -0.1) is 0 Å². The normalized spacial score (nSPS) is 20.4. The number of ether oxygens (including phenoxy) is 2. The second-order valence-electron chi connectivity index (χ2n) is 7.37. The lowest BCUT2D eigenvalue weighted by Crippen LogP contribution is -2.17. The highest BCUT2D eigenvalue weighted by Gasteiger charge is 2.32. The molecule has 1 fully saturated rings. The highest BCUT2D eigenvalue weighted by molar-refractivity contribution is 5.83. The molecule has 1 N–H and O–H groups in total. The average molecular weight is 401 g/mol. The van der Waals surface area contributed by atoms with Gasteiger partial charge in [0.05, 0.1) is 7.11 Å². The van der Waals surface area contributed by atoms with E-state index in [9.17, 15) is 14.7 Å². The minimum absolute atomic E-state index is 0.0389. The SMILES string of the molecule is COC(=O)CC/C=C\CCC[C@H]1C(=O)CC[C@@H]1/C=C/[C@@H](O)COc1ccccc1. The van der Waals surface area contributed by atoms with Gasteiger partial charge >= 0.3 is 5.97 Å². The predicted octanol–water partition coefficient (Wildman–Crippen LogP) is 4.26. The number of unbranched alkanes of at least 4 members (excludes halogenated alkanes) is 1. The number of hydrogen-bond donors (Lipinski definition) is 1. The number of esters is 1. The molecule has 1 aromatic rings. The number of Topliss-reactive ketones (excluding diaryl/α,β-unsaturated/α-hetero) is 1. The van der Waals surface area contributed by atoms with Crippen LogP contribution < -0.4 is 4.74 Å². The van der Waals surface area contributed by atoms with Gasteiger partial charge in [-0.1, -0.05) is 42.5 Å². The maximum Gasteiger partial charge on any atom is 0.305 e. The zero-order chi connectivity index (χ0) is 20.9. The minimum Gasteiger partial charge on any atom is -0.491 e. The number of allylic oxidation sites excluding steroid dienone is 3. The highest BCUT2D eigenvalue weighted by atomic mass is 16.5. The molecule has 5 nitrogen and oxygen atoms in total. The Morgan fingerprint density at radius 3 is 2.76 bits per heavy atom. The van der Waals surface area contributed by atoms with Crippen LogP contribution in [-0.2, 0) is 14.3 Å². The maximum atomic E-state index is 12.2. The molecule has 0 bridgehead atoms. The minimum atomic E-state index is -0.690. The molecule has 29 heavy (non-hydrogen) atoms. The fourth-order valence-electron chi connectivity index (χ4n) is 3.56. The fourth-order valence-corrected chi connectivity index (χ4v) is 3.56. The van der Waals surface area contributed by atoms with Crippen LogP contribution in [0.15, 0.2) is 54.6 Å². The van der Waals surface area contributed by atoms with Crippen molar-refractivity contribution in [2.45, 2.75) is 51.0 Å². The number of carbonyl (C=O) groups is 2. The summed E-state index contributed by atoms with van der Waals surface area (Å²) < 4.78 is 10.2. The van der Waals surface area contributed by atoms with E-state index in [1.165, 1.54) is 7.11 Å². The molecular formula is C24H32O5. The van der Waals surface area contributed by atoms with Gasteiger partial charge in [0.15, 0.2) is 0 Å². The van der Waals surface area contributed by atoms with E-state index in [-0.39, 0.29) is 24.4 Å². The van der Waals surface area contributed by atoms with Crippen molar-refractivity contribution in [3.05, 3.63) is 54.6 Å². The first-order valence-corrected chi connectivity index (χ1v) is 10.4. The van der Waals surface area contributed by atoms with Gasteiger partial charge in [-0.05, 0) is 50.2 Å². The van der Waals surface area contributed by atoms with Crippen molar-refractivity contribution in [3.63, 3.8) is 0 Å². The third kappa shape index (κ3) is 8.65. The summed E-state index contributed by atoms with van der Waals surface area (Å²) in [5, 5.41) is 10.1. The van der Waals surface area contributed by atoms with E-state index in [1.54, 1.807) is 6.08 Å². The number of ketones is 1. The lowest BCUT2D eigenvalue weighted by molar-refractivity contribution is -0.140. The number of rotatable bonds is 12. The quantitative estimate of drug-likeness (QED) is 0.322. The molecule has 0 heterocycles. The van der Waals surface area contributed by atoms with Crippen LogP contribution in [0.4, 0.5) is 0 Å². The second-order valence-corrected chi connectivity index (χ2v) is 7.37. The van der Waals surface area contributed by atoms with Crippen molar-refractivity contribution in [2.24, 2.45) is 11.8 Å². The van der Waals surface area contributed by atoms with E-state index in [4.69, 9.17) is 4.74 Å². The van der Waals surface area contributed by atoms with E-state index < -0.39 is 6.10 Å². The van der Waals surface area contributed by atoms with Crippen LogP contribution in [0.5, 0.6) is 5.75 Å². The number of carbonyl (C=O) groups excluding carboxylic acids is 2. The summed E-state index contributed by atoms with van der Waals surface area (Å²) in [6.45, 7) is 0.197. The second kappa shape index (κ2) is 12.9. The zero-order valence-electron chi connectivity index (χ0n) is 17.2. The van der Waals surface area contributed by atoms with E-state index in [0.717, 1.165) is 31.4 Å². The molecular weight excluding hydrogens is 368 g/mol. The monoisotopic (exact) mass is 400 g/mol. The van der Waals surface area contributed by atoms with Crippen molar-refractivity contribution < 1.29 is 24.2 Å². The number of methoxy groups -OCH3 is 1. The van der Waals surface area contributed by atoms with Crippen LogP contribution in [0.1, 0.15) is 44.9 Å². The van der Waals surface area contributed by atoms with Gasteiger partial charge in [0.1, 0.15) is 24.2 Å². The van der Waals surface area contributed by atoms with Crippen molar-refractivity contribution in [3.8, 4) is 5.75 Å². The van der Waals surface area contributed by atoms with Crippen LogP contribution >= 0.6 is 0 Å². The smallest absolute Gasteiger partial charge is 0.305 e. The largest absolute Gasteiger partial charge is 0.491 e. The van der Waals surface area contributed by atoms with Gasteiger partial charge in [0, 0.05) is 18.8 Å². The molecule has 1 aliphatic rings. The molecule has 5 heteroatoms. The molecule has 0 saturated heterocycles. The molecule has 2 rings (SSSR count). The van der Waals surface area contributed by atoms with E-state index in [0.29, 0.717) is 25.0 Å². The highest BCUT2D eigenvalue weighted by Crippen LogP contribution is 2.33. The number of para-hydroxylation sites is 1. The van der Waals surface area contributed by atoms with Gasteiger partial charge in [-0.2, -0.15) is 0 Å². The summed E-state index contributed by atoms with van der Waals surface area (Å²) in [5.74, 6) is 1.09. The first kappa shape index (κ1) is 22.9. The Hall–Kier alpha value is -2.40. The zero-order valence-corrected chi connectivity index (χ0v) is 17.2. The molecule has 3 atom stereocenters. The lowest BCUT2D eigenvalue weighted by atomic mass is 9.90. The number of aliphatic hydroxyl groups excluding tert-OH is 1. The topological polar surface area (TPSA) is 72.8 Å². The van der Waals surface area contributed by atoms with Gasteiger partial charge in [-0.3, -0.25) is 9.59 Å². The predicted molar refractivity (Wildman–Crippen MR) is 113 cm³/mol. The molecule has 0 aromatic heterocycles. The number of aliphatic hydroxyl groups is 1. The summed E-state index contributed by atoms with van der Waals surface area (Å²) in [7, 11) is 1.39.